The van der Waals surface area contributed by atoms with Crippen LogP contribution < -0.4 is 10.6 Å². The Bertz CT molecular complexity index is 450. The average Bonchev–Trinajstić information content (AvgIpc) is 2.80. The van der Waals surface area contributed by atoms with Crippen molar-refractivity contribution in [3.05, 3.63) is 18.0 Å². The molecule has 3 N–H and O–H groups in total. The minimum absolute atomic E-state index is 0.407. The zero-order valence-corrected chi connectivity index (χ0v) is 12.4. The highest BCUT2D eigenvalue weighted by atomic mass is 32.2. The van der Waals surface area contributed by atoms with Crippen LogP contribution in [0.4, 0.5) is 4.79 Å². The third kappa shape index (κ3) is 5.96. The van der Waals surface area contributed by atoms with Crippen LogP contribution in [0.15, 0.2) is 12.3 Å². The third-order valence-electron chi connectivity index (χ3n) is 2.65. The van der Waals surface area contributed by atoms with Crippen LogP contribution in [0.1, 0.15) is 12.1 Å². The van der Waals surface area contributed by atoms with Crippen LogP contribution >= 0.6 is 11.8 Å². The summed E-state index contributed by atoms with van der Waals surface area (Å²) in [7, 11) is 1.83. The van der Waals surface area contributed by atoms with E-state index in [1.807, 2.05) is 25.6 Å². The van der Waals surface area contributed by atoms with Crippen LogP contribution in [0, 0.1) is 0 Å². The Kier molecular flexibility index (Phi) is 6.92. The van der Waals surface area contributed by atoms with E-state index in [0.717, 1.165) is 5.69 Å². The highest BCUT2D eigenvalue weighted by molar-refractivity contribution is 7.98. The van der Waals surface area contributed by atoms with E-state index in [0.29, 0.717) is 25.1 Å². The fourth-order valence-electron chi connectivity index (χ4n) is 1.60. The van der Waals surface area contributed by atoms with Gasteiger partial charge in [0.15, 0.2) is 0 Å². The molecule has 0 fully saturated rings. The Morgan fingerprint density at radius 3 is 2.85 bits per heavy atom. The van der Waals surface area contributed by atoms with Crippen molar-refractivity contribution in [2.75, 3.05) is 18.6 Å². The third-order valence-corrected chi connectivity index (χ3v) is 3.29. The van der Waals surface area contributed by atoms with Crippen molar-refractivity contribution < 1.29 is 14.7 Å². The van der Waals surface area contributed by atoms with Crippen LogP contribution in [-0.2, 0) is 18.3 Å². The normalized spacial score (nSPS) is 11.9. The predicted molar refractivity (Wildman–Crippen MR) is 77.9 cm³/mol. The molecule has 7 nitrogen and oxygen atoms in total. The zero-order chi connectivity index (χ0) is 15.0. The molecule has 1 heterocycles. The van der Waals surface area contributed by atoms with Crippen molar-refractivity contribution in [2.45, 2.75) is 18.9 Å². The number of urea groups is 1. The van der Waals surface area contributed by atoms with Gasteiger partial charge in [-0.15, -0.1) is 0 Å². The summed E-state index contributed by atoms with van der Waals surface area (Å²) >= 11 is 1.55. The van der Waals surface area contributed by atoms with Gasteiger partial charge in [-0.25, -0.2) is 9.59 Å². The van der Waals surface area contributed by atoms with Crippen molar-refractivity contribution >= 4 is 23.8 Å². The van der Waals surface area contributed by atoms with E-state index in [1.165, 1.54) is 0 Å². The molecule has 0 aliphatic carbocycles. The summed E-state index contributed by atoms with van der Waals surface area (Å²) in [4.78, 5) is 22.6. The summed E-state index contributed by atoms with van der Waals surface area (Å²) in [6, 6.07) is 0.560. The summed E-state index contributed by atoms with van der Waals surface area (Å²) in [5.74, 6) is -0.329. The fraction of sp³-hybridized carbons (Fsp3) is 0.583. The first-order valence-electron chi connectivity index (χ1n) is 6.27. The number of carbonyl (C=O) groups is 2. The molecule has 0 radical (unpaired) electrons. The Morgan fingerprint density at radius 2 is 2.30 bits per heavy atom. The Labute approximate surface area is 122 Å². The molecule has 20 heavy (non-hydrogen) atoms. The molecule has 0 aromatic carbocycles. The molecule has 0 saturated heterocycles. The molecule has 112 valence electrons. The predicted octanol–water partition coefficient (Wildman–Crippen LogP) is 0.468. The summed E-state index contributed by atoms with van der Waals surface area (Å²) in [5.41, 5.74) is 0.880. The average molecular weight is 300 g/mol. The number of carboxylic acid groups (broad SMARTS) is 1. The summed E-state index contributed by atoms with van der Waals surface area (Å²) in [5, 5.41) is 18.3. The van der Waals surface area contributed by atoms with Gasteiger partial charge in [0, 0.05) is 26.2 Å². The first-order chi connectivity index (χ1) is 9.52. The molecule has 0 aliphatic heterocycles. The van der Waals surface area contributed by atoms with E-state index in [-0.39, 0.29) is 0 Å². The van der Waals surface area contributed by atoms with Gasteiger partial charge in [-0.2, -0.15) is 16.9 Å². The van der Waals surface area contributed by atoms with Gasteiger partial charge in [0.05, 0.1) is 5.69 Å². The first kappa shape index (κ1) is 16.4. The number of rotatable bonds is 8. The number of aliphatic carboxylic acids is 1. The molecule has 1 rings (SSSR count). The number of carbonyl (C=O) groups excluding carboxylic acids is 1. The highest BCUT2D eigenvalue weighted by Gasteiger charge is 2.18. The van der Waals surface area contributed by atoms with Crippen LogP contribution in [-0.4, -0.2) is 51.5 Å². The number of aryl methyl sites for hydroxylation is 1. The van der Waals surface area contributed by atoms with Crippen molar-refractivity contribution in [3.8, 4) is 0 Å². The second-order valence-electron chi connectivity index (χ2n) is 4.30. The van der Waals surface area contributed by atoms with E-state index in [4.69, 9.17) is 5.11 Å². The summed E-state index contributed by atoms with van der Waals surface area (Å²) in [6.45, 7) is 0.414. The van der Waals surface area contributed by atoms with Crippen LogP contribution in [0.5, 0.6) is 0 Å². The standard InChI is InChI=1S/C12H20N4O3S/c1-16-7-4-9(15-16)3-6-13-12(19)14-10(11(17)18)5-8-20-2/h4,7,10H,3,5-6,8H2,1-2H3,(H,17,18)(H2,13,14,19)/t10-/m0/s1. The van der Waals surface area contributed by atoms with E-state index in [2.05, 4.69) is 15.7 Å². The smallest absolute Gasteiger partial charge is 0.326 e. The lowest BCUT2D eigenvalue weighted by molar-refractivity contribution is -0.139. The second kappa shape index (κ2) is 8.47. The Hall–Kier alpha value is -1.70. The molecule has 1 atom stereocenters. The lowest BCUT2D eigenvalue weighted by Crippen LogP contribution is -2.46. The molecular weight excluding hydrogens is 280 g/mol. The van der Waals surface area contributed by atoms with Crippen molar-refractivity contribution in [1.82, 2.24) is 20.4 Å². The molecule has 0 bridgehead atoms. The second-order valence-corrected chi connectivity index (χ2v) is 5.29. The molecule has 0 saturated carbocycles. The lowest BCUT2D eigenvalue weighted by Gasteiger charge is -2.14. The number of carboxylic acids is 1. The van der Waals surface area contributed by atoms with Crippen LogP contribution in [0.25, 0.3) is 0 Å². The quantitative estimate of drug-likeness (QED) is 0.648. The maximum absolute atomic E-state index is 11.6. The van der Waals surface area contributed by atoms with E-state index in [1.54, 1.807) is 16.4 Å². The maximum atomic E-state index is 11.6. The highest BCUT2D eigenvalue weighted by Crippen LogP contribution is 2.01. The lowest BCUT2D eigenvalue weighted by atomic mass is 10.2. The van der Waals surface area contributed by atoms with Gasteiger partial charge >= 0.3 is 12.0 Å². The molecule has 8 heteroatoms. The van der Waals surface area contributed by atoms with Gasteiger partial charge in [-0.05, 0) is 24.5 Å². The number of hydrogen-bond acceptors (Lipinski definition) is 4. The van der Waals surface area contributed by atoms with Crippen molar-refractivity contribution in [3.63, 3.8) is 0 Å². The van der Waals surface area contributed by atoms with Crippen molar-refractivity contribution in [1.29, 1.82) is 0 Å². The van der Waals surface area contributed by atoms with Gasteiger partial charge in [0.1, 0.15) is 6.04 Å². The minimum Gasteiger partial charge on any atom is -0.480 e. The number of aromatic nitrogens is 2. The fourth-order valence-corrected chi connectivity index (χ4v) is 2.07. The van der Waals surface area contributed by atoms with Crippen molar-refractivity contribution in [2.24, 2.45) is 7.05 Å². The Balaban J connectivity index is 2.28. The monoisotopic (exact) mass is 300 g/mol. The topological polar surface area (TPSA) is 96.3 Å². The molecule has 0 spiro atoms. The largest absolute Gasteiger partial charge is 0.480 e. The molecule has 0 unspecified atom stereocenters. The zero-order valence-electron chi connectivity index (χ0n) is 11.6. The number of hydrogen-bond donors (Lipinski definition) is 3. The van der Waals surface area contributed by atoms with E-state index in [9.17, 15) is 9.59 Å². The van der Waals surface area contributed by atoms with Gasteiger partial charge in [0.2, 0.25) is 0 Å². The summed E-state index contributed by atoms with van der Waals surface area (Å²) < 4.78 is 1.69. The number of amides is 2. The SMILES string of the molecule is CSCC[C@H](NC(=O)NCCc1ccn(C)n1)C(=O)O. The van der Waals surface area contributed by atoms with Crippen LogP contribution in [0.3, 0.4) is 0 Å². The molecule has 1 aromatic heterocycles. The molecular formula is C12H20N4O3S. The molecule has 0 aliphatic rings. The molecule has 2 amide bonds. The number of thioether (sulfide) groups is 1. The number of nitrogens with zero attached hydrogens (tertiary/aromatic N) is 2. The van der Waals surface area contributed by atoms with Gasteiger partial charge < -0.3 is 15.7 Å². The Morgan fingerprint density at radius 1 is 1.55 bits per heavy atom. The summed E-state index contributed by atoms with van der Waals surface area (Å²) in [6.07, 6.45) is 4.74. The van der Waals surface area contributed by atoms with Crippen LogP contribution in [0.2, 0.25) is 0 Å². The van der Waals surface area contributed by atoms with Gasteiger partial charge in [0.25, 0.3) is 0 Å². The number of nitrogens with one attached hydrogen (secondary N) is 2. The molecule has 1 aromatic rings. The first-order valence-corrected chi connectivity index (χ1v) is 7.67. The van der Waals surface area contributed by atoms with E-state index < -0.39 is 18.0 Å². The maximum Gasteiger partial charge on any atom is 0.326 e. The van der Waals surface area contributed by atoms with Gasteiger partial charge in [-0.1, -0.05) is 0 Å². The van der Waals surface area contributed by atoms with Gasteiger partial charge in [-0.3, -0.25) is 4.68 Å². The van der Waals surface area contributed by atoms with E-state index >= 15 is 0 Å². The minimum atomic E-state index is -1.01.